The molecule has 1 aromatic rings. The number of piperidine rings is 1. The maximum absolute atomic E-state index is 12.7. The van der Waals surface area contributed by atoms with Crippen molar-refractivity contribution in [2.45, 2.75) is 44.9 Å². The second-order valence-electron chi connectivity index (χ2n) is 7.29. The van der Waals surface area contributed by atoms with E-state index in [2.05, 4.69) is 4.90 Å². The van der Waals surface area contributed by atoms with Crippen LogP contribution in [0.5, 0.6) is 0 Å². The van der Waals surface area contributed by atoms with Gasteiger partial charge >= 0.3 is 0 Å². The Morgan fingerprint density at radius 2 is 1.52 bits per heavy atom. The minimum atomic E-state index is -0.214. The van der Waals surface area contributed by atoms with Gasteiger partial charge in [0.25, 0.3) is 5.91 Å². The second-order valence-corrected chi connectivity index (χ2v) is 7.29. The molecule has 5 heteroatoms. The number of amides is 2. The molecule has 0 saturated carbocycles. The van der Waals surface area contributed by atoms with Crippen LogP contribution in [-0.2, 0) is 4.79 Å². The first kappa shape index (κ1) is 17.8. The Morgan fingerprint density at radius 1 is 0.880 bits per heavy atom. The van der Waals surface area contributed by atoms with E-state index in [4.69, 9.17) is 5.73 Å². The van der Waals surface area contributed by atoms with Gasteiger partial charge in [0.05, 0.1) is 5.92 Å². The van der Waals surface area contributed by atoms with Crippen molar-refractivity contribution in [2.24, 2.45) is 11.7 Å². The first-order valence-electron chi connectivity index (χ1n) is 9.59. The van der Waals surface area contributed by atoms with Gasteiger partial charge in [-0.15, -0.1) is 0 Å². The summed E-state index contributed by atoms with van der Waals surface area (Å²) < 4.78 is 0. The van der Waals surface area contributed by atoms with E-state index in [1.165, 1.54) is 19.3 Å². The van der Waals surface area contributed by atoms with Crippen LogP contribution in [0.1, 0.15) is 55.3 Å². The molecule has 0 spiro atoms. The lowest BCUT2D eigenvalue weighted by Gasteiger charge is -2.33. The number of hydrogen-bond donors (Lipinski definition) is 1. The van der Waals surface area contributed by atoms with Crippen molar-refractivity contribution in [3.05, 3.63) is 29.8 Å². The highest BCUT2D eigenvalue weighted by Gasteiger charge is 2.24. The van der Waals surface area contributed by atoms with Gasteiger partial charge in [0, 0.05) is 37.4 Å². The molecule has 136 valence electrons. The van der Waals surface area contributed by atoms with Gasteiger partial charge in [-0.05, 0) is 49.9 Å². The average molecular weight is 343 g/mol. The van der Waals surface area contributed by atoms with E-state index in [1.807, 2.05) is 29.2 Å². The summed E-state index contributed by atoms with van der Waals surface area (Å²) in [5.41, 5.74) is 7.28. The number of anilines is 1. The van der Waals surface area contributed by atoms with Crippen LogP contribution in [0.4, 0.5) is 5.69 Å². The van der Waals surface area contributed by atoms with Crippen molar-refractivity contribution in [1.29, 1.82) is 0 Å². The molecule has 0 bridgehead atoms. The first-order valence-corrected chi connectivity index (χ1v) is 9.59. The third kappa shape index (κ3) is 4.53. The molecule has 1 unspecified atom stereocenters. The Labute approximate surface area is 150 Å². The van der Waals surface area contributed by atoms with E-state index in [1.54, 1.807) is 0 Å². The molecule has 2 amide bonds. The predicted octanol–water partition coefficient (Wildman–Crippen LogP) is 2.79. The Balaban J connectivity index is 1.65. The van der Waals surface area contributed by atoms with Crippen LogP contribution in [0.25, 0.3) is 0 Å². The third-order valence-corrected chi connectivity index (χ3v) is 5.45. The van der Waals surface area contributed by atoms with E-state index >= 15 is 0 Å². The number of carbonyl (C=O) groups excluding carboxylic acids is 2. The molecule has 2 saturated heterocycles. The SMILES string of the molecule is NC(=O)C1CCCN(c2ccc(C(=O)N3CCCCCCC3)cc2)C1. The number of primary amides is 1. The Bertz CT molecular complexity index is 591. The lowest BCUT2D eigenvalue weighted by atomic mass is 9.97. The van der Waals surface area contributed by atoms with Gasteiger partial charge in [-0.3, -0.25) is 9.59 Å². The van der Waals surface area contributed by atoms with Gasteiger partial charge in [0.1, 0.15) is 0 Å². The van der Waals surface area contributed by atoms with Crippen molar-refractivity contribution in [3.63, 3.8) is 0 Å². The molecule has 2 fully saturated rings. The van der Waals surface area contributed by atoms with E-state index in [-0.39, 0.29) is 17.7 Å². The molecular weight excluding hydrogens is 314 g/mol. The minimum absolute atomic E-state index is 0.0731. The smallest absolute Gasteiger partial charge is 0.253 e. The Morgan fingerprint density at radius 3 is 2.16 bits per heavy atom. The van der Waals surface area contributed by atoms with Crippen LogP contribution in [0.15, 0.2) is 24.3 Å². The van der Waals surface area contributed by atoms with Gasteiger partial charge in [-0.25, -0.2) is 0 Å². The van der Waals surface area contributed by atoms with Crippen molar-refractivity contribution >= 4 is 17.5 Å². The van der Waals surface area contributed by atoms with Gasteiger partial charge in [-0.2, -0.15) is 0 Å². The molecule has 2 N–H and O–H groups in total. The van der Waals surface area contributed by atoms with E-state index in [0.29, 0.717) is 6.54 Å². The fourth-order valence-electron chi connectivity index (χ4n) is 3.89. The van der Waals surface area contributed by atoms with Crippen LogP contribution in [0.3, 0.4) is 0 Å². The fraction of sp³-hybridized carbons (Fsp3) is 0.600. The van der Waals surface area contributed by atoms with E-state index in [9.17, 15) is 9.59 Å². The van der Waals surface area contributed by atoms with Crippen molar-refractivity contribution in [3.8, 4) is 0 Å². The number of hydrogen-bond acceptors (Lipinski definition) is 3. The van der Waals surface area contributed by atoms with E-state index in [0.717, 1.165) is 56.6 Å². The zero-order chi connectivity index (χ0) is 17.6. The number of nitrogens with zero attached hydrogens (tertiary/aromatic N) is 2. The van der Waals surface area contributed by atoms with Crippen molar-refractivity contribution in [1.82, 2.24) is 4.90 Å². The van der Waals surface area contributed by atoms with Crippen molar-refractivity contribution in [2.75, 3.05) is 31.1 Å². The molecule has 1 aromatic carbocycles. The minimum Gasteiger partial charge on any atom is -0.371 e. The molecule has 0 aliphatic carbocycles. The summed E-state index contributed by atoms with van der Waals surface area (Å²) in [7, 11) is 0. The highest BCUT2D eigenvalue weighted by atomic mass is 16.2. The van der Waals surface area contributed by atoms with E-state index < -0.39 is 0 Å². The molecule has 0 aromatic heterocycles. The predicted molar refractivity (Wildman–Crippen MR) is 99.6 cm³/mol. The maximum Gasteiger partial charge on any atom is 0.253 e. The van der Waals surface area contributed by atoms with Crippen LogP contribution < -0.4 is 10.6 Å². The molecule has 5 nitrogen and oxygen atoms in total. The molecule has 1 atom stereocenters. The highest BCUT2D eigenvalue weighted by molar-refractivity contribution is 5.94. The van der Waals surface area contributed by atoms with Crippen LogP contribution in [0, 0.1) is 5.92 Å². The summed E-state index contributed by atoms with van der Waals surface area (Å²) in [5.74, 6) is -0.147. The van der Waals surface area contributed by atoms with Gasteiger partial charge in [0.2, 0.25) is 5.91 Å². The fourth-order valence-corrected chi connectivity index (χ4v) is 3.89. The second kappa shape index (κ2) is 8.37. The summed E-state index contributed by atoms with van der Waals surface area (Å²) in [6.45, 7) is 3.35. The summed E-state index contributed by atoms with van der Waals surface area (Å²) >= 11 is 0. The average Bonchev–Trinajstić information content (AvgIpc) is 2.61. The third-order valence-electron chi connectivity index (χ3n) is 5.45. The quantitative estimate of drug-likeness (QED) is 0.918. The number of rotatable bonds is 3. The molecule has 2 aliphatic rings. The summed E-state index contributed by atoms with van der Waals surface area (Å²) in [6.07, 6.45) is 7.79. The maximum atomic E-state index is 12.7. The molecule has 2 aliphatic heterocycles. The number of likely N-dealkylation sites (tertiary alicyclic amines) is 1. The molecule has 25 heavy (non-hydrogen) atoms. The van der Waals surface area contributed by atoms with Crippen LogP contribution in [0.2, 0.25) is 0 Å². The Hall–Kier alpha value is -2.04. The lowest BCUT2D eigenvalue weighted by molar-refractivity contribution is -0.122. The topological polar surface area (TPSA) is 66.6 Å². The standard InChI is InChI=1S/C20H29N3O2/c21-19(24)17-7-6-14-23(15-17)18-10-8-16(9-11-18)20(25)22-12-4-2-1-3-5-13-22/h8-11,17H,1-7,12-15H2,(H2,21,24). The Kier molecular flexibility index (Phi) is 5.95. The summed E-state index contributed by atoms with van der Waals surface area (Å²) in [4.78, 5) is 28.4. The molecule has 0 radical (unpaired) electrons. The lowest BCUT2D eigenvalue weighted by Crippen LogP contribution is -2.41. The highest BCUT2D eigenvalue weighted by Crippen LogP contribution is 2.24. The number of carbonyl (C=O) groups is 2. The summed E-state index contributed by atoms with van der Waals surface area (Å²) in [6, 6.07) is 7.84. The van der Waals surface area contributed by atoms with Crippen LogP contribution in [-0.4, -0.2) is 42.9 Å². The zero-order valence-corrected chi connectivity index (χ0v) is 15.0. The van der Waals surface area contributed by atoms with Crippen molar-refractivity contribution < 1.29 is 9.59 Å². The normalized spacial score (nSPS) is 22.2. The zero-order valence-electron chi connectivity index (χ0n) is 15.0. The molecular formula is C20H29N3O2. The number of benzene rings is 1. The van der Waals surface area contributed by atoms with Gasteiger partial charge < -0.3 is 15.5 Å². The summed E-state index contributed by atoms with van der Waals surface area (Å²) in [5, 5.41) is 0. The first-order chi connectivity index (χ1) is 12.1. The molecule has 2 heterocycles. The number of nitrogens with two attached hydrogens (primary N) is 1. The molecule has 3 rings (SSSR count). The van der Waals surface area contributed by atoms with Crippen LogP contribution >= 0.6 is 0 Å². The van der Waals surface area contributed by atoms with Gasteiger partial charge in [0.15, 0.2) is 0 Å². The monoisotopic (exact) mass is 343 g/mol. The largest absolute Gasteiger partial charge is 0.371 e. The van der Waals surface area contributed by atoms with Gasteiger partial charge in [-0.1, -0.05) is 19.3 Å².